The van der Waals surface area contributed by atoms with E-state index in [1.165, 1.54) is 11.1 Å². The molecular formula is C13H19NO2S. The van der Waals surface area contributed by atoms with Gasteiger partial charge in [-0.2, -0.15) is 0 Å². The minimum atomic E-state index is -3.33. The molecule has 0 heterocycles. The first-order valence-corrected chi connectivity index (χ1v) is 7.59. The maximum absolute atomic E-state index is 12.0. The molecule has 0 atom stereocenters. The van der Waals surface area contributed by atoms with Gasteiger partial charge in [0.15, 0.2) is 0 Å². The van der Waals surface area contributed by atoms with Gasteiger partial charge in [-0.3, -0.25) is 0 Å². The average Bonchev–Trinajstić information content (AvgIpc) is 2.73. The fraction of sp³-hybridized carbons (Fsp3) is 0.538. The molecule has 17 heavy (non-hydrogen) atoms. The average molecular weight is 253 g/mol. The molecule has 0 spiro atoms. The van der Waals surface area contributed by atoms with Gasteiger partial charge in [0.1, 0.15) is 0 Å². The Labute approximate surface area is 103 Å². The van der Waals surface area contributed by atoms with Gasteiger partial charge in [-0.25, -0.2) is 13.1 Å². The van der Waals surface area contributed by atoms with Crippen LogP contribution in [0.2, 0.25) is 0 Å². The summed E-state index contributed by atoms with van der Waals surface area (Å²) in [5.41, 5.74) is 2.49. The molecule has 1 aliphatic rings. The predicted molar refractivity (Wildman–Crippen MR) is 68.5 cm³/mol. The van der Waals surface area contributed by atoms with Crippen molar-refractivity contribution in [1.29, 1.82) is 0 Å². The third kappa shape index (κ3) is 2.87. The van der Waals surface area contributed by atoms with Crippen LogP contribution in [0.3, 0.4) is 0 Å². The van der Waals surface area contributed by atoms with Crippen molar-refractivity contribution >= 4 is 10.0 Å². The van der Waals surface area contributed by atoms with Crippen LogP contribution in [0.15, 0.2) is 23.1 Å². The summed E-state index contributed by atoms with van der Waals surface area (Å²) in [6.45, 7) is 4.47. The number of nitrogens with one attached hydrogen (secondary N) is 1. The Balaban J connectivity index is 2.22. The normalized spacial score (nSPS) is 15.2. The highest BCUT2D eigenvalue weighted by atomic mass is 32.2. The number of rotatable bonds is 4. The SMILES string of the molecule is CC(C)CNS(=O)(=O)c1ccc2c(c1)CCC2. The first-order valence-electron chi connectivity index (χ1n) is 6.10. The zero-order valence-electron chi connectivity index (χ0n) is 10.4. The number of hydrogen-bond acceptors (Lipinski definition) is 2. The van der Waals surface area contributed by atoms with Gasteiger partial charge in [-0.05, 0) is 48.4 Å². The van der Waals surface area contributed by atoms with Crippen molar-refractivity contribution in [2.45, 2.75) is 38.0 Å². The van der Waals surface area contributed by atoms with Gasteiger partial charge in [0, 0.05) is 6.54 Å². The van der Waals surface area contributed by atoms with Crippen molar-refractivity contribution in [1.82, 2.24) is 4.72 Å². The lowest BCUT2D eigenvalue weighted by Crippen LogP contribution is -2.27. The van der Waals surface area contributed by atoms with Crippen molar-refractivity contribution < 1.29 is 8.42 Å². The number of aryl methyl sites for hydroxylation is 2. The number of benzene rings is 1. The molecule has 0 saturated carbocycles. The molecule has 1 aliphatic carbocycles. The van der Waals surface area contributed by atoms with Crippen LogP contribution in [0.4, 0.5) is 0 Å². The van der Waals surface area contributed by atoms with Gasteiger partial charge < -0.3 is 0 Å². The lowest BCUT2D eigenvalue weighted by atomic mass is 10.1. The standard InChI is InChI=1S/C13H19NO2S/c1-10(2)9-14-17(15,16)13-7-6-11-4-3-5-12(11)8-13/h6-8,10,14H,3-5,9H2,1-2H3. The number of sulfonamides is 1. The summed E-state index contributed by atoms with van der Waals surface area (Å²) in [4.78, 5) is 0.402. The Morgan fingerprint density at radius 1 is 1.24 bits per heavy atom. The third-order valence-corrected chi connectivity index (χ3v) is 4.48. The monoisotopic (exact) mass is 253 g/mol. The summed E-state index contributed by atoms with van der Waals surface area (Å²) in [5.74, 6) is 0.319. The highest BCUT2D eigenvalue weighted by Crippen LogP contribution is 2.24. The van der Waals surface area contributed by atoms with E-state index in [1.54, 1.807) is 6.07 Å². The summed E-state index contributed by atoms with van der Waals surface area (Å²) >= 11 is 0. The van der Waals surface area contributed by atoms with E-state index < -0.39 is 10.0 Å². The fourth-order valence-electron chi connectivity index (χ4n) is 2.08. The van der Waals surface area contributed by atoms with E-state index in [9.17, 15) is 8.42 Å². The van der Waals surface area contributed by atoms with Crippen molar-refractivity contribution in [3.05, 3.63) is 29.3 Å². The minimum absolute atomic E-state index is 0.319. The van der Waals surface area contributed by atoms with Crippen LogP contribution in [-0.2, 0) is 22.9 Å². The Morgan fingerprint density at radius 3 is 2.65 bits per heavy atom. The van der Waals surface area contributed by atoms with Crippen LogP contribution >= 0.6 is 0 Å². The molecule has 1 aromatic rings. The molecule has 0 radical (unpaired) electrons. The second-order valence-electron chi connectivity index (χ2n) is 5.03. The third-order valence-electron chi connectivity index (χ3n) is 3.06. The van der Waals surface area contributed by atoms with Gasteiger partial charge in [-0.1, -0.05) is 19.9 Å². The Morgan fingerprint density at radius 2 is 1.94 bits per heavy atom. The topological polar surface area (TPSA) is 46.2 Å². The number of fused-ring (bicyclic) bond motifs is 1. The summed E-state index contributed by atoms with van der Waals surface area (Å²) in [6, 6.07) is 5.49. The maximum Gasteiger partial charge on any atom is 0.240 e. The van der Waals surface area contributed by atoms with Crippen molar-refractivity contribution in [3.63, 3.8) is 0 Å². The van der Waals surface area contributed by atoms with Gasteiger partial charge in [0.25, 0.3) is 0 Å². The summed E-state index contributed by atoms with van der Waals surface area (Å²) in [5, 5.41) is 0. The fourth-order valence-corrected chi connectivity index (χ4v) is 3.34. The zero-order valence-corrected chi connectivity index (χ0v) is 11.2. The van der Waals surface area contributed by atoms with Crippen LogP contribution < -0.4 is 4.72 Å². The molecule has 0 bridgehead atoms. The molecule has 0 fully saturated rings. The predicted octanol–water partition coefficient (Wildman–Crippen LogP) is 2.11. The maximum atomic E-state index is 12.0. The Bertz CT molecular complexity index is 506. The molecular weight excluding hydrogens is 234 g/mol. The smallest absolute Gasteiger partial charge is 0.211 e. The van der Waals surface area contributed by atoms with Crippen LogP contribution in [0.25, 0.3) is 0 Å². The second-order valence-corrected chi connectivity index (χ2v) is 6.80. The zero-order chi connectivity index (χ0) is 12.5. The molecule has 2 rings (SSSR count). The molecule has 0 saturated heterocycles. The van der Waals surface area contributed by atoms with Crippen LogP contribution in [0, 0.1) is 5.92 Å². The van der Waals surface area contributed by atoms with E-state index >= 15 is 0 Å². The van der Waals surface area contributed by atoms with Gasteiger partial charge in [-0.15, -0.1) is 0 Å². The van der Waals surface area contributed by atoms with Crippen LogP contribution in [0.1, 0.15) is 31.4 Å². The van der Waals surface area contributed by atoms with Crippen LogP contribution in [0.5, 0.6) is 0 Å². The lowest BCUT2D eigenvalue weighted by molar-refractivity contribution is 0.560. The first kappa shape index (κ1) is 12.6. The highest BCUT2D eigenvalue weighted by molar-refractivity contribution is 7.89. The summed E-state index contributed by atoms with van der Waals surface area (Å²) in [6.07, 6.45) is 3.22. The van der Waals surface area contributed by atoms with E-state index in [0.717, 1.165) is 19.3 Å². The molecule has 94 valence electrons. The lowest BCUT2D eigenvalue weighted by Gasteiger charge is -2.10. The van der Waals surface area contributed by atoms with Gasteiger partial charge >= 0.3 is 0 Å². The van der Waals surface area contributed by atoms with Crippen molar-refractivity contribution in [3.8, 4) is 0 Å². The van der Waals surface area contributed by atoms with E-state index in [2.05, 4.69) is 4.72 Å². The Kier molecular flexibility index (Phi) is 3.54. The first-order chi connectivity index (χ1) is 7.99. The quantitative estimate of drug-likeness (QED) is 0.893. The summed E-state index contributed by atoms with van der Waals surface area (Å²) < 4.78 is 26.7. The molecule has 3 nitrogen and oxygen atoms in total. The molecule has 1 N–H and O–H groups in total. The number of hydrogen-bond donors (Lipinski definition) is 1. The van der Waals surface area contributed by atoms with Crippen molar-refractivity contribution in [2.75, 3.05) is 6.54 Å². The van der Waals surface area contributed by atoms with E-state index in [-0.39, 0.29) is 0 Å². The van der Waals surface area contributed by atoms with Gasteiger partial charge in [0.05, 0.1) is 4.90 Å². The van der Waals surface area contributed by atoms with E-state index in [4.69, 9.17) is 0 Å². The van der Waals surface area contributed by atoms with Gasteiger partial charge in [0.2, 0.25) is 10.0 Å². The molecule has 0 aromatic heterocycles. The highest BCUT2D eigenvalue weighted by Gasteiger charge is 2.18. The van der Waals surface area contributed by atoms with E-state index in [1.807, 2.05) is 26.0 Å². The molecule has 4 heteroatoms. The largest absolute Gasteiger partial charge is 0.240 e. The molecule has 0 unspecified atom stereocenters. The minimum Gasteiger partial charge on any atom is -0.211 e. The van der Waals surface area contributed by atoms with E-state index in [0.29, 0.717) is 17.4 Å². The molecule has 0 amide bonds. The van der Waals surface area contributed by atoms with Crippen LogP contribution in [-0.4, -0.2) is 15.0 Å². The Hall–Kier alpha value is -0.870. The molecule has 0 aliphatic heterocycles. The van der Waals surface area contributed by atoms with Crippen molar-refractivity contribution in [2.24, 2.45) is 5.92 Å². The summed E-state index contributed by atoms with van der Waals surface area (Å²) in [7, 11) is -3.33. The molecule has 1 aromatic carbocycles. The second kappa shape index (κ2) is 4.78.